The van der Waals surface area contributed by atoms with Crippen LogP contribution >= 0.6 is 0 Å². The molecule has 0 bridgehead atoms. The zero-order valence-corrected chi connectivity index (χ0v) is 79.5. The lowest BCUT2D eigenvalue weighted by molar-refractivity contribution is -0.137. The van der Waals surface area contributed by atoms with Crippen molar-refractivity contribution in [2.45, 2.75) is 281 Å². The van der Waals surface area contributed by atoms with Crippen LogP contribution in [0.5, 0.6) is 0 Å². The van der Waals surface area contributed by atoms with E-state index in [9.17, 15) is 86.3 Å². The van der Waals surface area contributed by atoms with Gasteiger partial charge in [0.25, 0.3) is 0 Å². The largest absolute Gasteiger partial charge is 0.370 e. The predicted octanol–water partition coefficient (Wildman–Crippen LogP) is -6.96. The van der Waals surface area contributed by atoms with Gasteiger partial charge in [0, 0.05) is 49.6 Å². The molecule has 0 saturated heterocycles. The Morgan fingerprint density at radius 2 is 0.679 bits per heavy atom. The molecule has 0 saturated carbocycles. The molecule has 2 aromatic carbocycles. The van der Waals surface area contributed by atoms with Crippen LogP contribution in [0.1, 0.15) is 189 Å². The fourth-order valence-corrected chi connectivity index (χ4v) is 14.4. The lowest BCUT2D eigenvalue weighted by atomic mass is 9.96. The van der Waals surface area contributed by atoms with Crippen LogP contribution in [0.4, 0.5) is 0 Å². The molecule has 0 aliphatic rings. The fourth-order valence-electron chi connectivity index (χ4n) is 14.4. The van der Waals surface area contributed by atoms with Gasteiger partial charge in [-0.25, -0.2) is 0 Å². The van der Waals surface area contributed by atoms with Crippen LogP contribution in [-0.4, -0.2) is 253 Å². The molecule has 137 heavy (non-hydrogen) atoms. The van der Waals surface area contributed by atoms with Gasteiger partial charge in [0.2, 0.25) is 106 Å². The number of nitrogens with two attached hydrogens (primary N) is 10. The summed E-state index contributed by atoms with van der Waals surface area (Å²) in [5.74, 6) is -21.1. The van der Waals surface area contributed by atoms with E-state index in [1.807, 2.05) is 13.8 Å². The van der Waals surface area contributed by atoms with Crippen molar-refractivity contribution in [1.29, 1.82) is 16.2 Å². The summed E-state index contributed by atoms with van der Waals surface area (Å²) in [6.07, 6.45) is -0.418. The first-order chi connectivity index (χ1) is 64.6. The number of carbonyl (C=O) groups excluding carboxylic acids is 18. The standard InChI is InChI=1S/C88H147N31O18/c1-10-48(8)70(85(137)110-57(30-21-35-103-87(98)99)74(126)106-49(9)72(124)112-63(41-66(92)120)81(133)114-60(38-46(4)5)78(130)109-58(31-22-36-104-88(100)101)77(129)118-69(47(6)7)84(136)111-59(71(95)123)37-45(2)3)119-83(135)65(43-68(94)122)117-76(128)55(28-16-18-32-89)107-79(131)61(39-50-23-12-11-13-24-50)115-82(134)64(42-67(93)121)116-75(127)56(29-17-19-33-90)108-80(132)62(40-51-44-105-54-27-15-14-25-52(51)54)113-73(125)53(91)26-20-34-102-86(96)97/h11-15,23-25,27,44-49,53,55-65,69-70,105H,10,16-22,26,28-43,89-91H2,1-9H3,(H2,92,120)(H2,93,121)(H2,94,122)(H2,95,123)(H,106,126)(H,107,131)(H,108,132)(H,109,130)(H,110,137)(H,111,136)(H,112,124)(H,113,125)(H,114,133)(H,115,134)(H,116,127)(H,117,128)(H,118,129)(H,119,135)(H4,96,97,102)(H4,98,99,103)(H4,100,101,104)/t48-,49-,53-,55-,56-,57-,58-,59-,60-,61-,62-,63-,64-,65-,69-,70-/m0/s1. The first-order valence-corrected chi connectivity index (χ1v) is 46.0. The summed E-state index contributed by atoms with van der Waals surface area (Å²) in [4.78, 5) is 257. The van der Waals surface area contributed by atoms with E-state index in [4.69, 9.17) is 73.6 Å². The second-order valence-electron chi connectivity index (χ2n) is 35.1. The molecule has 0 radical (unpaired) electrons. The number of rotatable bonds is 66. The quantitative estimate of drug-likeness (QED) is 0.0142. The van der Waals surface area contributed by atoms with Crippen molar-refractivity contribution < 1.29 is 86.3 Å². The van der Waals surface area contributed by atoms with Crippen LogP contribution < -0.4 is 148 Å². The highest BCUT2D eigenvalue weighted by Gasteiger charge is 2.41. The van der Waals surface area contributed by atoms with Crippen molar-refractivity contribution in [3.8, 4) is 0 Å². The number of carbonyl (C=O) groups is 18. The first kappa shape index (κ1) is 117. The van der Waals surface area contributed by atoms with E-state index in [2.05, 4.69) is 95.4 Å². The minimum atomic E-state index is -1.92. The molecule has 16 atom stereocenters. The Kier molecular flexibility index (Phi) is 52.4. The molecule has 1 heterocycles. The molecule has 49 nitrogen and oxygen atoms in total. The lowest BCUT2D eigenvalue weighted by Gasteiger charge is -2.30. The topological polar surface area (TPSA) is 859 Å². The number of hydrogen-bond donors (Lipinski definition) is 31. The van der Waals surface area contributed by atoms with Crippen molar-refractivity contribution in [2.24, 2.45) is 81.0 Å². The second-order valence-corrected chi connectivity index (χ2v) is 35.1. The van der Waals surface area contributed by atoms with Gasteiger partial charge in [0.05, 0.1) is 25.3 Å². The van der Waals surface area contributed by atoms with Gasteiger partial charge < -0.3 is 153 Å². The van der Waals surface area contributed by atoms with E-state index in [1.165, 1.54) is 13.8 Å². The van der Waals surface area contributed by atoms with E-state index >= 15 is 0 Å². The molecule has 1 aromatic heterocycles. The summed E-state index contributed by atoms with van der Waals surface area (Å²) in [7, 11) is 0. The van der Waals surface area contributed by atoms with Gasteiger partial charge in [-0.05, 0) is 151 Å². The number of aromatic amines is 1. The number of nitrogens with one attached hydrogen (secondary N) is 21. The average molecular weight is 1930 g/mol. The Morgan fingerprint density at radius 3 is 1.12 bits per heavy atom. The number of amides is 18. The zero-order chi connectivity index (χ0) is 103. The molecule has 18 amide bonds. The molecule has 41 N–H and O–H groups in total. The molecular formula is C88H147N31O18. The highest BCUT2D eigenvalue weighted by atomic mass is 16.2. The van der Waals surface area contributed by atoms with E-state index in [0.29, 0.717) is 29.5 Å². The predicted molar refractivity (Wildman–Crippen MR) is 510 cm³/mol. The highest BCUT2D eigenvalue weighted by Crippen LogP contribution is 2.22. The van der Waals surface area contributed by atoms with Crippen LogP contribution in [0.25, 0.3) is 10.9 Å². The Balaban J connectivity index is 2.00. The van der Waals surface area contributed by atoms with Gasteiger partial charge in [-0.1, -0.05) is 110 Å². The van der Waals surface area contributed by atoms with E-state index < -0.39 is 234 Å². The number of benzene rings is 2. The molecular weight excluding hydrogens is 1780 g/mol. The molecule has 0 spiro atoms. The molecule has 0 aliphatic heterocycles. The van der Waals surface area contributed by atoms with Crippen LogP contribution in [0, 0.1) is 39.9 Å². The van der Waals surface area contributed by atoms with E-state index in [1.54, 1.807) is 95.4 Å². The van der Waals surface area contributed by atoms with E-state index in [0.717, 1.165) is 5.39 Å². The normalized spacial score (nSPS) is 14.7. The van der Waals surface area contributed by atoms with Gasteiger partial charge in [0.1, 0.15) is 84.6 Å². The summed E-state index contributed by atoms with van der Waals surface area (Å²) in [6.45, 7) is 15.1. The number of para-hydroxylation sites is 1. The summed E-state index contributed by atoms with van der Waals surface area (Å²) in [5, 5.41) is 67.1. The van der Waals surface area contributed by atoms with Gasteiger partial charge in [-0.15, -0.1) is 0 Å². The number of hydrogen-bond acceptors (Lipinski definition) is 24. The van der Waals surface area contributed by atoms with Crippen LogP contribution in [-0.2, 0) is 99.1 Å². The van der Waals surface area contributed by atoms with Crippen molar-refractivity contribution >= 4 is 135 Å². The van der Waals surface area contributed by atoms with Gasteiger partial charge in [0.15, 0.2) is 17.9 Å². The molecule has 0 unspecified atom stereocenters. The summed E-state index contributed by atoms with van der Waals surface area (Å²) < 4.78 is 0. The molecule has 49 heteroatoms. The monoisotopic (exact) mass is 1930 g/mol. The Labute approximate surface area is 796 Å². The van der Waals surface area contributed by atoms with Crippen molar-refractivity contribution in [1.82, 2.24) is 95.4 Å². The van der Waals surface area contributed by atoms with Crippen molar-refractivity contribution in [3.63, 3.8) is 0 Å². The highest BCUT2D eigenvalue weighted by molar-refractivity contribution is 6.03. The van der Waals surface area contributed by atoms with Crippen molar-refractivity contribution in [2.75, 3.05) is 32.7 Å². The maximum atomic E-state index is 15.0. The number of fused-ring (bicyclic) bond motifs is 1. The number of primary amides is 4. The summed E-state index contributed by atoms with van der Waals surface area (Å²) in [6, 6.07) is -7.71. The summed E-state index contributed by atoms with van der Waals surface area (Å²) >= 11 is 0. The third-order valence-electron chi connectivity index (χ3n) is 22.0. The first-order valence-electron chi connectivity index (χ1n) is 46.0. The molecule has 0 fully saturated rings. The van der Waals surface area contributed by atoms with Crippen LogP contribution in [0.15, 0.2) is 60.8 Å². The minimum Gasteiger partial charge on any atom is -0.370 e. The minimum absolute atomic E-state index is 0.00787. The average Bonchev–Trinajstić information content (AvgIpc) is 1.60. The molecule has 762 valence electrons. The van der Waals surface area contributed by atoms with Crippen LogP contribution in [0.2, 0.25) is 0 Å². The van der Waals surface area contributed by atoms with Gasteiger partial charge >= 0.3 is 0 Å². The smallest absolute Gasteiger partial charge is 0.243 e. The van der Waals surface area contributed by atoms with Gasteiger partial charge in [-0.3, -0.25) is 103 Å². The van der Waals surface area contributed by atoms with Crippen molar-refractivity contribution in [3.05, 3.63) is 71.9 Å². The number of unbranched alkanes of at least 4 members (excludes halogenated alkanes) is 2. The fraction of sp³-hybridized carbons (Fsp3) is 0.602. The zero-order valence-electron chi connectivity index (χ0n) is 79.5. The Hall–Kier alpha value is -13.9. The van der Waals surface area contributed by atoms with E-state index in [-0.39, 0.29) is 153 Å². The second kappa shape index (κ2) is 61.2. The van der Waals surface area contributed by atoms with Crippen LogP contribution in [0.3, 0.4) is 0 Å². The number of guanidine groups is 3. The maximum Gasteiger partial charge on any atom is 0.243 e. The Bertz CT molecular complexity index is 4570. The van der Waals surface area contributed by atoms with Gasteiger partial charge in [-0.2, -0.15) is 0 Å². The maximum absolute atomic E-state index is 15.0. The molecule has 0 aliphatic carbocycles. The lowest BCUT2D eigenvalue weighted by Crippen LogP contribution is -2.62. The SMILES string of the molecule is CC[C@H](C)[C@H](NC(=O)[C@H](CC(N)=O)NC(=O)[C@H](CCCCN)NC(=O)[C@H](Cc1ccccc1)NC(=O)[C@H](CC(N)=O)NC(=O)[C@H](CCCCN)NC(=O)[C@H](Cc1c[nH]c2ccccc12)NC(=O)[C@@H](N)CCCNC(=N)N)C(=O)N[C@@H](CCCNC(=N)N)C(=O)N[C@@H](C)C(=O)N[C@@H](CC(N)=O)C(=O)N[C@@H](CC(C)C)C(=O)N[C@@H](CCCNC(=N)N)C(=O)N[C@H](C(=O)N[C@@H](CC(C)C)C(N)=O)C(C)C. The number of H-pyrrole nitrogens is 1. The number of aromatic nitrogens is 1. The third kappa shape index (κ3) is 44.4. The Morgan fingerprint density at radius 1 is 0.343 bits per heavy atom. The third-order valence-corrected chi connectivity index (χ3v) is 22.0. The summed E-state index contributed by atoms with van der Waals surface area (Å²) in [5.41, 5.74) is 58.9. The molecule has 3 aromatic rings. The molecule has 3 rings (SSSR count).